The Bertz CT molecular complexity index is 809. The molecule has 0 N–H and O–H groups in total. The summed E-state index contributed by atoms with van der Waals surface area (Å²) in [5.41, 5.74) is -1.91. The average Bonchev–Trinajstić information content (AvgIpc) is 2.53. The second-order valence-corrected chi connectivity index (χ2v) is 5.73. The largest absolute Gasteiger partial charge is 0.416 e. The van der Waals surface area contributed by atoms with E-state index >= 15 is 0 Å². The molecule has 1 heterocycles. The molecule has 0 amide bonds. The van der Waals surface area contributed by atoms with E-state index in [9.17, 15) is 26.3 Å². The summed E-state index contributed by atoms with van der Waals surface area (Å²) in [6.45, 7) is 0.00496. The van der Waals surface area contributed by atoms with Crippen molar-refractivity contribution in [2.45, 2.75) is 18.9 Å². The van der Waals surface area contributed by atoms with Crippen LogP contribution in [-0.4, -0.2) is 5.17 Å². The van der Waals surface area contributed by atoms with Crippen molar-refractivity contribution in [3.05, 3.63) is 64.7 Å². The number of fused-ring (bicyclic) bond motifs is 1. The highest BCUT2D eigenvalue weighted by Crippen LogP contribution is 2.39. The van der Waals surface area contributed by atoms with Crippen molar-refractivity contribution in [1.82, 2.24) is 0 Å². The van der Waals surface area contributed by atoms with E-state index < -0.39 is 23.5 Å². The number of nitrogens with zero attached hydrogens (tertiary/aromatic N) is 2. The van der Waals surface area contributed by atoms with Crippen molar-refractivity contribution >= 4 is 22.5 Å². The van der Waals surface area contributed by atoms with Gasteiger partial charge in [0.15, 0.2) is 5.17 Å². The minimum atomic E-state index is -4.92. The van der Waals surface area contributed by atoms with Gasteiger partial charge in [-0.3, -0.25) is 5.01 Å². The third-order valence-electron chi connectivity index (χ3n) is 3.64. The van der Waals surface area contributed by atoms with Crippen molar-refractivity contribution in [3.8, 4) is 0 Å². The van der Waals surface area contributed by atoms with Gasteiger partial charge in [0.1, 0.15) is 0 Å². The number of anilines is 1. The summed E-state index contributed by atoms with van der Waals surface area (Å²) in [7, 11) is 0. The maximum absolute atomic E-state index is 13.0. The SMILES string of the molecule is FC(F)(F)c1cc(N2Cc3ccccc3C(Cl)=N2)cc(C(F)(F)F)c1. The van der Waals surface area contributed by atoms with Gasteiger partial charge in [0.25, 0.3) is 0 Å². The molecule has 0 atom stereocenters. The fraction of sp³-hybridized carbons (Fsp3) is 0.188. The Morgan fingerprint density at radius 3 is 2.00 bits per heavy atom. The second kappa shape index (κ2) is 5.94. The Balaban J connectivity index is 2.10. The van der Waals surface area contributed by atoms with Crippen molar-refractivity contribution < 1.29 is 26.3 Å². The van der Waals surface area contributed by atoms with Gasteiger partial charge in [-0.1, -0.05) is 35.9 Å². The Kier molecular flexibility index (Phi) is 4.18. The summed E-state index contributed by atoms with van der Waals surface area (Å²) in [6.07, 6.45) is -9.84. The van der Waals surface area contributed by atoms with Gasteiger partial charge in [0.05, 0.1) is 23.4 Å². The molecule has 0 fully saturated rings. The molecule has 0 aromatic heterocycles. The molecule has 2 aromatic rings. The van der Waals surface area contributed by atoms with Crippen molar-refractivity contribution in [2.75, 3.05) is 5.01 Å². The Labute approximate surface area is 143 Å². The van der Waals surface area contributed by atoms with Crippen LogP contribution in [0.5, 0.6) is 0 Å². The molecule has 0 unspecified atom stereocenters. The predicted octanol–water partition coefficient (Wildman–Crippen LogP) is 5.64. The summed E-state index contributed by atoms with van der Waals surface area (Å²) < 4.78 is 77.8. The highest BCUT2D eigenvalue weighted by Gasteiger charge is 2.37. The van der Waals surface area contributed by atoms with E-state index in [1.165, 1.54) is 0 Å². The molecule has 0 aliphatic carbocycles. The quantitative estimate of drug-likeness (QED) is 0.586. The molecule has 1 aliphatic heterocycles. The number of halogens is 7. The first-order chi connectivity index (χ1) is 11.6. The summed E-state index contributed by atoms with van der Waals surface area (Å²) in [5, 5.41) is 4.94. The normalized spacial score (nSPS) is 15.0. The van der Waals surface area contributed by atoms with Crippen LogP contribution >= 0.6 is 11.6 Å². The number of hydrazone groups is 1. The van der Waals surface area contributed by atoms with Crippen LogP contribution in [0, 0.1) is 0 Å². The van der Waals surface area contributed by atoms with E-state index in [1.54, 1.807) is 24.3 Å². The third kappa shape index (κ3) is 3.58. The third-order valence-corrected chi connectivity index (χ3v) is 3.92. The number of alkyl halides is 6. The van der Waals surface area contributed by atoms with Crippen LogP contribution in [0.1, 0.15) is 22.3 Å². The topological polar surface area (TPSA) is 15.6 Å². The predicted molar refractivity (Wildman–Crippen MR) is 81.5 cm³/mol. The smallest absolute Gasteiger partial charge is 0.260 e. The number of rotatable bonds is 1. The summed E-state index contributed by atoms with van der Waals surface area (Å²) in [6, 6.07) is 8.07. The zero-order chi connectivity index (χ0) is 18.4. The minimum absolute atomic E-state index is 0.00496. The summed E-state index contributed by atoms with van der Waals surface area (Å²) >= 11 is 6.02. The van der Waals surface area contributed by atoms with Crippen LogP contribution in [0.2, 0.25) is 0 Å². The first-order valence-corrected chi connectivity index (χ1v) is 7.33. The van der Waals surface area contributed by atoms with Gasteiger partial charge in [0.2, 0.25) is 0 Å². The molecule has 2 aromatic carbocycles. The molecule has 0 saturated carbocycles. The number of benzene rings is 2. The van der Waals surface area contributed by atoms with Crippen molar-refractivity contribution in [2.24, 2.45) is 5.10 Å². The molecule has 25 heavy (non-hydrogen) atoms. The average molecular weight is 379 g/mol. The molecular weight excluding hydrogens is 370 g/mol. The lowest BCUT2D eigenvalue weighted by Gasteiger charge is -2.26. The minimum Gasteiger partial charge on any atom is -0.260 e. The van der Waals surface area contributed by atoms with Gasteiger partial charge in [-0.25, -0.2) is 0 Å². The van der Waals surface area contributed by atoms with E-state index in [0.717, 1.165) is 5.01 Å². The lowest BCUT2D eigenvalue weighted by atomic mass is 10.1. The van der Waals surface area contributed by atoms with Crippen LogP contribution in [0.3, 0.4) is 0 Å². The fourth-order valence-corrected chi connectivity index (χ4v) is 2.73. The van der Waals surface area contributed by atoms with Crippen LogP contribution in [0.25, 0.3) is 0 Å². The van der Waals surface area contributed by atoms with Gasteiger partial charge in [-0.2, -0.15) is 31.4 Å². The summed E-state index contributed by atoms with van der Waals surface area (Å²) in [4.78, 5) is 0. The Hall–Kier alpha value is -2.22. The summed E-state index contributed by atoms with van der Waals surface area (Å²) in [5.74, 6) is 0. The monoisotopic (exact) mass is 378 g/mol. The maximum Gasteiger partial charge on any atom is 0.416 e. The molecule has 0 radical (unpaired) electrons. The van der Waals surface area contributed by atoms with Gasteiger partial charge < -0.3 is 0 Å². The second-order valence-electron chi connectivity index (χ2n) is 5.37. The molecule has 0 saturated heterocycles. The van der Waals surface area contributed by atoms with Crippen LogP contribution in [0.4, 0.5) is 32.0 Å². The molecule has 0 bridgehead atoms. The van der Waals surface area contributed by atoms with Crippen LogP contribution in [0.15, 0.2) is 47.6 Å². The maximum atomic E-state index is 13.0. The van der Waals surface area contributed by atoms with E-state index in [4.69, 9.17) is 11.6 Å². The molecule has 3 rings (SSSR count). The van der Waals surface area contributed by atoms with Gasteiger partial charge in [-0.15, -0.1) is 0 Å². The number of hydrogen-bond donors (Lipinski definition) is 0. The standard InChI is InChI=1S/C16H9ClF6N2/c17-14-13-4-2-1-3-9(13)8-25(24-14)12-6-10(15(18,19)20)5-11(7-12)16(21,22)23/h1-7H,8H2. The molecule has 9 heteroatoms. The highest BCUT2D eigenvalue weighted by atomic mass is 35.5. The van der Waals surface area contributed by atoms with E-state index in [-0.39, 0.29) is 23.5 Å². The number of hydrogen-bond acceptors (Lipinski definition) is 2. The first-order valence-electron chi connectivity index (χ1n) is 6.95. The van der Waals surface area contributed by atoms with E-state index in [0.29, 0.717) is 23.3 Å². The zero-order valence-electron chi connectivity index (χ0n) is 12.3. The van der Waals surface area contributed by atoms with E-state index in [1.807, 2.05) is 0 Å². The Morgan fingerprint density at radius 2 is 1.44 bits per heavy atom. The Morgan fingerprint density at radius 1 is 0.880 bits per heavy atom. The fourth-order valence-electron chi connectivity index (χ4n) is 2.45. The van der Waals surface area contributed by atoms with Gasteiger partial charge in [0, 0.05) is 5.56 Å². The molecule has 132 valence electrons. The first kappa shape index (κ1) is 17.6. The highest BCUT2D eigenvalue weighted by molar-refractivity contribution is 6.70. The molecule has 1 aliphatic rings. The van der Waals surface area contributed by atoms with E-state index in [2.05, 4.69) is 5.10 Å². The molecular formula is C16H9ClF6N2. The molecule has 2 nitrogen and oxygen atoms in total. The van der Waals surface area contributed by atoms with Crippen molar-refractivity contribution in [3.63, 3.8) is 0 Å². The van der Waals surface area contributed by atoms with Gasteiger partial charge >= 0.3 is 12.4 Å². The van der Waals surface area contributed by atoms with Crippen LogP contribution < -0.4 is 5.01 Å². The zero-order valence-corrected chi connectivity index (χ0v) is 13.0. The van der Waals surface area contributed by atoms with Crippen molar-refractivity contribution in [1.29, 1.82) is 0 Å². The van der Waals surface area contributed by atoms with Crippen LogP contribution in [-0.2, 0) is 18.9 Å². The lowest BCUT2D eigenvalue weighted by molar-refractivity contribution is -0.143. The van der Waals surface area contributed by atoms with Gasteiger partial charge in [-0.05, 0) is 23.8 Å². The lowest BCUT2D eigenvalue weighted by Crippen LogP contribution is -2.24. The molecule has 0 spiro atoms.